The van der Waals surface area contributed by atoms with E-state index in [9.17, 15) is 4.79 Å². The highest BCUT2D eigenvalue weighted by Gasteiger charge is 2.35. The molecular formula is C24H24ClN3O. The maximum absolute atomic E-state index is 12.9. The lowest BCUT2D eigenvalue weighted by atomic mass is 9.94. The Balaban J connectivity index is 1.61. The van der Waals surface area contributed by atoms with Gasteiger partial charge in [-0.15, -0.1) is 11.6 Å². The first-order valence-corrected chi connectivity index (χ1v) is 10.4. The number of rotatable bonds is 5. The number of alkyl halides is 1. The SMILES string of the molecule is O=C(c1cccnc1)N1CCN(C(c2ccccc2)c2ccccc2)C(CCl)C1. The molecule has 3 aromatic rings. The quantitative estimate of drug-likeness (QED) is 0.596. The molecule has 5 heteroatoms. The molecule has 0 N–H and O–H groups in total. The Hall–Kier alpha value is -2.69. The Morgan fingerprint density at radius 1 is 0.966 bits per heavy atom. The highest BCUT2D eigenvalue weighted by atomic mass is 35.5. The maximum Gasteiger partial charge on any atom is 0.255 e. The van der Waals surface area contributed by atoms with E-state index in [2.05, 4.69) is 58.4 Å². The van der Waals surface area contributed by atoms with Gasteiger partial charge in [-0.1, -0.05) is 60.7 Å². The lowest BCUT2D eigenvalue weighted by molar-refractivity contribution is 0.0436. The summed E-state index contributed by atoms with van der Waals surface area (Å²) in [6.45, 7) is 2.03. The van der Waals surface area contributed by atoms with Crippen LogP contribution in [0, 0.1) is 0 Å². The number of nitrogens with zero attached hydrogens (tertiary/aromatic N) is 3. The van der Waals surface area contributed by atoms with Gasteiger partial charge in [-0.25, -0.2) is 0 Å². The largest absolute Gasteiger partial charge is 0.336 e. The summed E-state index contributed by atoms with van der Waals surface area (Å²) in [5.74, 6) is 0.483. The minimum absolute atomic E-state index is 0.0174. The summed E-state index contributed by atoms with van der Waals surface area (Å²) in [7, 11) is 0. The fourth-order valence-corrected chi connectivity index (χ4v) is 4.32. The van der Waals surface area contributed by atoms with E-state index in [1.54, 1.807) is 18.5 Å². The molecule has 1 atom stereocenters. The number of benzene rings is 2. The Labute approximate surface area is 176 Å². The van der Waals surface area contributed by atoms with Crippen LogP contribution in [0.5, 0.6) is 0 Å². The maximum atomic E-state index is 12.9. The van der Waals surface area contributed by atoms with Crippen LogP contribution in [0.2, 0.25) is 0 Å². The minimum atomic E-state index is 0.0174. The first-order valence-electron chi connectivity index (χ1n) is 9.89. The first kappa shape index (κ1) is 19.6. The van der Waals surface area contributed by atoms with E-state index in [0.717, 1.165) is 6.54 Å². The van der Waals surface area contributed by atoms with Gasteiger partial charge in [-0.3, -0.25) is 14.7 Å². The Bertz CT molecular complexity index is 881. The third-order valence-corrected chi connectivity index (χ3v) is 5.82. The summed E-state index contributed by atoms with van der Waals surface area (Å²) in [6.07, 6.45) is 3.31. The third-order valence-electron chi connectivity index (χ3n) is 5.46. The number of hydrogen-bond acceptors (Lipinski definition) is 3. The van der Waals surface area contributed by atoms with Gasteiger partial charge in [0.1, 0.15) is 0 Å². The van der Waals surface area contributed by atoms with Crippen LogP contribution in [0.3, 0.4) is 0 Å². The molecule has 0 spiro atoms. The number of pyridine rings is 1. The number of aromatic nitrogens is 1. The molecule has 2 heterocycles. The van der Waals surface area contributed by atoms with Crippen molar-refractivity contribution in [1.29, 1.82) is 0 Å². The minimum Gasteiger partial charge on any atom is -0.336 e. The molecule has 148 valence electrons. The van der Waals surface area contributed by atoms with Gasteiger partial charge in [-0.05, 0) is 23.3 Å². The molecule has 1 saturated heterocycles. The van der Waals surface area contributed by atoms with Crippen molar-refractivity contribution < 1.29 is 4.79 Å². The second-order valence-electron chi connectivity index (χ2n) is 7.26. The van der Waals surface area contributed by atoms with Gasteiger partial charge in [0.25, 0.3) is 5.91 Å². The lowest BCUT2D eigenvalue weighted by Gasteiger charge is -2.45. The molecule has 1 aliphatic heterocycles. The van der Waals surface area contributed by atoms with E-state index in [1.165, 1.54) is 11.1 Å². The van der Waals surface area contributed by atoms with Crippen LogP contribution in [0.15, 0.2) is 85.2 Å². The van der Waals surface area contributed by atoms with E-state index in [-0.39, 0.29) is 18.0 Å². The molecule has 1 amide bonds. The van der Waals surface area contributed by atoms with Gasteiger partial charge < -0.3 is 4.90 Å². The summed E-state index contributed by atoms with van der Waals surface area (Å²) in [5, 5.41) is 0. The monoisotopic (exact) mass is 405 g/mol. The Kier molecular flexibility index (Phi) is 6.23. The number of halogens is 1. The van der Waals surface area contributed by atoms with Crippen molar-refractivity contribution >= 4 is 17.5 Å². The predicted molar refractivity (Wildman–Crippen MR) is 116 cm³/mol. The molecule has 1 aromatic heterocycles. The number of hydrogen-bond donors (Lipinski definition) is 0. The molecule has 4 rings (SSSR count). The van der Waals surface area contributed by atoms with Crippen LogP contribution in [0.4, 0.5) is 0 Å². The first-order chi connectivity index (χ1) is 14.3. The second-order valence-corrected chi connectivity index (χ2v) is 7.57. The molecule has 29 heavy (non-hydrogen) atoms. The zero-order valence-corrected chi connectivity index (χ0v) is 16.9. The Morgan fingerprint density at radius 2 is 1.62 bits per heavy atom. The third kappa shape index (κ3) is 4.34. The molecule has 1 aliphatic rings. The topological polar surface area (TPSA) is 36.4 Å². The van der Waals surface area contributed by atoms with Crippen LogP contribution in [0.1, 0.15) is 27.5 Å². The van der Waals surface area contributed by atoms with Crippen molar-refractivity contribution in [2.24, 2.45) is 0 Å². The number of piperazine rings is 1. The van der Waals surface area contributed by atoms with Gasteiger partial charge >= 0.3 is 0 Å². The fraction of sp³-hybridized carbons (Fsp3) is 0.250. The molecular weight excluding hydrogens is 382 g/mol. The molecule has 4 nitrogen and oxygen atoms in total. The van der Waals surface area contributed by atoms with E-state index in [1.807, 2.05) is 23.1 Å². The van der Waals surface area contributed by atoms with Crippen molar-refractivity contribution in [2.45, 2.75) is 12.1 Å². The summed E-state index contributed by atoms with van der Waals surface area (Å²) in [6, 6.07) is 24.8. The van der Waals surface area contributed by atoms with E-state index in [4.69, 9.17) is 11.6 Å². The van der Waals surface area contributed by atoms with Crippen molar-refractivity contribution in [1.82, 2.24) is 14.8 Å². The lowest BCUT2D eigenvalue weighted by Crippen LogP contribution is -2.56. The summed E-state index contributed by atoms with van der Waals surface area (Å²) in [5.41, 5.74) is 3.10. The standard InChI is InChI=1S/C24H24ClN3O/c25-16-22-18-27(24(29)21-12-7-13-26-17-21)14-15-28(22)23(19-8-3-1-4-9-19)20-10-5-2-6-11-20/h1-13,17,22-23H,14-16,18H2. The molecule has 0 bridgehead atoms. The van der Waals surface area contributed by atoms with E-state index in [0.29, 0.717) is 24.5 Å². The van der Waals surface area contributed by atoms with Gasteiger partial charge in [0, 0.05) is 43.9 Å². The summed E-state index contributed by atoms with van der Waals surface area (Å²) >= 11 is 6.42. The zero-order chi connectivity index (χ0) is 20.1. The Morgan fingerprint density at radius 3 is 2.17 bits per heavy atom. The smallest absolute Gasteiger partial charge is 0.255 e. The summed E-state index contributed by atoms with van der Waals surface area (Å²) < 4.78 is 0. The van der Waals surface area contributed by atoms with Crippen LogP contribution in [-0.4, -0.2) is 52.2 Å². The van der Waals surface area contributed by atoms with E-state index < -0.39 is 0 Å². The average Bonchev–Trinajstić information content (AvgIpc) is 2.81. The average molecular weight is 406 g/mol. The normalized spacial score (nSPS) is 17.4. The number of carbonyl (C=O) groups is 1. The van der Waals surface area contributed by atoms with Gasteiger partial charge in [0.05, 0.1) is 11.6 Å². The van der Waals surface area contributed by atoms with Crippen molar-refractivity contribution in [3.63, 3.8) is 0 Å². The van der Waals surface area contributed by atoms with Crippen LogP contribution in [-0.2, 0) is 0 Å². The van der Waals surface area contributed by atoms with Crippen LogP contribution in [0.25, 0.3) is 0 Å². The molecule has 0 radical (unpaired) electrons. The van der Waals surface area contributed by atoms with Gasteiger partial charge in [0.15, 0.2) is 0 Å². The van der Waals surface area contributed by atoms with Gasteiger partial charge in [-0.2, -0.15) is 0 Å². The second kappa shape index (κ2) is 9.21. The molecule has 1 fully saturated rings. The summed E-state index contributed by atoms with van der Waals surface area (Å²) in [4.78, 5) is 21.3. The highest BCUT2D eigenvalue weighted by Crippen LogP contribution is 2.32. The molecule has 1 unspecified atom stereocenters. The van der Waals surface area contributed by atoms with Crippen molar-refractivity contribution in [3.05, 3.63) is 102 Å². The van der Waals surface area contributed by atoms with Crippen LogP contribution >= 0.6 is 11.6 Å². The van der Waals surface area contributed by atoms with E-state index >= 15 is 0 Å². The molecule has 0 saturated carbocycles. The predicted octanol–water partition coefficient (Wildman–Crippen LogP) is 4.24. The fourth-order valence-electron chi connectivity index (χ4n) is 4.05. The number of amides is 1. The number of carbonyl (C=O) groups excluding carboxylic acids is 1. The van der Waals surface area contributed by atoms with Crippen molar-refractivity contribution in [2.75, 3.05) is 25.5 Å². The zero-order valence-electron chi connectivity index (χ0n) is 16.2. The molecule has 2 aromatic carbocycles. The molecule has 0 aliphatic carbocycles. The van der Waals surface area contributed by atoms with Crippen LogP contribution < -0.4 is 0 Å². The van der Waals surface area contributed by atoms with Gasteiger partial charge in [0.2, 0.25) is 0 Å². The van der Waals surface area contributed by atoms with Crippen molar-refractivity contribution in [3.8, 4) is 0 Å². The highest BCUT2D eigenvalue weighted by molar-refractivity contribution is 6.18.